The quantitative estimate of drug-likeness (QED) is 0.867. The lowest BCUT2D eigenvalue weighted by atomic mass is 10.2. The van der Waals surface area contributed by atoms with E-state index in [2.05, 4.69) is 15.4 Å². The maximum absolute atomic E-state index is 12.0. The lowest BCUT2D eigenvalue weighted by molar-refractivity contribution is -0.153. The van der Waals surface area contributed by atoms with Crippen molar-refractivity contribution < 1.29 is 22.7 Å². The fourth-order valence-corrected chi connectivity index (χ4v) is 2.09. The lowest BCUT2D eigenvalue weighted by Crippen LogP contribution is -2.39. The van der Waals surface area contributed by atoms with Crippen LogP contribution in [0, 0.1) is 0 Å². The molecule has 8 heteroatoms. The summed E-state index contributed by atoms with van der Waals surface area (Å²) in [6, 6.07) is 6.05. The summed E-state index contributed by atoms with van der Waals surface area (Å²) in [6.45, 7) is -0.115. The van der Waals surface area contributed by atoms with Crippen molar-refractivity contribution in [2.45, 2.75) is 31.6 Å². The molecule has 0 spiro atoms. The summed E-state index contributed by atoms with van der Waals surface area (Å²) < 4.78 is 40.6. The molecule has 0 aliphatic carbocycles. The van der Waals surface area contributed by atoms with Crippen molar-refractivity contribution in [3.8, 4) is 5.75 Å². The zero-order valence-corrected chi connectivity index (χ0v) is 12.6. The van der Waals surface area contributed by atoms with Crippen molar-refractivity contribution in [2.24, 2.45) is 0 Å². The molecule has 1 unspecified atom stereocenters. The molecule has 22 heavy (non-hydrogen) atoms. The predicted molar refractivity (Wildman–Crippen MR) is 78.1 cm³/mol. The standard InChI is InChI=1S/C14H17F3N2O2.ClH/c15-14(16,17)9-21-11-5-3-10(4-6-11)8-19-13(20)12-2-1-7-18-12;/h3-6,12,18H,1-2,7-9H2,(H,19,20);1H. The third-order valence-corrected chi connectivity index (χ3v) is 3.17. The van der Waals surface area contributed by atoms with Crippen molar-refractivity contribution in [2.75, 3.05) is 13.2 Å². The Morgan fingerprint density at radius 2 is 2.00 bits per heavy atom. The summed E-state index contributed by atoms with van der Waals surface area (Å²) in [7, 11) is 0. The minimum atomic E-state index is -4.35. The lowest BCUT2D eigenvalue weighted by Gasteiger charge is -2.12. The fraction of sp³-hybridized carbons (Fsp3) is 0.500. The molecule has 1 aromatic carbocycles. The highest BCUT2D eigenvalue weighted by atomic mass is 35.5. The second kappa shape index (κ2) is 8.24. The summed E-state index contributed by atoms with van der Waals surface area (Å²) in [5, 5.41) is 5.89. The van der Waals surface area contributed by atoms with Crippen LogP contribution in [0.1, 0.15) is 18.4 Å². The average Bonchev–Trinajstić information content (AvgIpc) is 2.97. The summed E-state index contributed by atoms with van der Waals surface area (Å²) in [5.41, 5.74) is 0.806. The van der Waals surface area contributed by atoms with Crippen LogP contribution in [-0.4, -0.2) is 31.3 Å². The number of amides is 1. The molecule has 2 N–H and O–H groups in total. The fourth-order valence-electron chi connectivity index (χ4n) is 2.09. The van der Waals surface area contributed by atoms with Gasteiger partial charge in [0.2, 0.25) is 5.91 Å². The van der Waals surface area contributed by atoms with Gasteiger partial charge in [-0.2, -0.15) is 13.2 Å². The Balaban J connectivity index is 0.00000242. The van der Waals surface area contributed by atoms with E-state index in [1.54, 1.807) is 12.1 Å². The SMILES string of the molecule is Cl.O=C(NCc1ccc(OCC(F)(F)F)cc1)C1CCCN1. The van der Waals surface area contributed by atoms with E-state index in [-0.39, 0.29) is 30.1 Å². The largest absolute Gasteiger partial charge is 0.484 e. The van der Waals surface area contributed by atoms with Crippen molar-refractivity contribution in [3.63, 3.8) is 0 Å². The molecule has 1 fully saturated rings. The number of carbonyl (C=O) groups is 1. The summed E-state index contributed by atoms with van der Waals surface area (Å²) in [5.74, 6) is 0.102. The Bertz CT molecular complexity index is 474. The van der Waals surface area contributed by atoms with Gasteiger partial charge in [-0.1, -0.05) is 12.1 Å². The summed E-state index contributed by atoms with van der Waals surface area (Å²) in [6.07, 6.45) is -2.53. The molecule has 0 radical (unpaired) electrons. The molecule has 0 aromatic heterocycles. The zero-order valence-electron chi connectivity index (χ0n) is 11.8. The smallest absolute Gasteiger partial charge is 0.422 e. The van der Waals surface area contributed by atoms with Crippen molar-refractivity contribution in [1.29, 1.82) is 0 Å². The first-order chi connectivity index (χ1) is 9.94. The summed E-state index contributed by atoms with van der Waals surface area (Å²) >= 11 is 0. The number of nitrogens with one attached hydrogen (secondary N) is 2. The highest BCUT2D eigenvalue weighted by Crippen LogP contribution is 2.18. The van der Waals surface area contributed by atoms with Crippen molar-refractivity contribution in [3.05, 3.63) is 29.8 Å². The highest BCUT2D eigenvalue weighted by molar-refractivity contribution is 5.85. The van der Waals surface area contributed by atoms with E-state index in [4.69, 9.17) is 0 Å². The van der Waals surface area contributed by atoms with Crippen LogP contribution in [0.15, 0.2) is 24.3 Å². The normalized spacial score (nSPS) is 17.7. The van der Waals surface area contributed by atoms with Gasteiger partial charge in [-0.3, -0.25) is 4.79 Å². The molecule has 0 saturated carbocycles. The Labute approximate surface area is 132 Å². The topological polar surface area (TPSA) is 50.4 Å². The van der Waals surface area contributed by atoms with Gasteiger partial charge in [-0.05, 0) is 37.1 Å². The number of alkyl halides is 3. The highest BCUT2D eigenvalue weighted by Gasteiger charge is 2.28. The molecule has 1 saturated heterocycles. The minimum Gasteiger partial charge on any atom is -0.484 e. The van der Waals surface area contributed by atoms with E-state index in [0.717, 1.165) is 24.9 Å². The van der Waals surface area contributed by atoms with Crippen LogP contribution in [0.2, 0.25) is 0 Å². The maximum atomic E-state index is 12.0. The van der Waals surface area contributed by atoms with E-state index in [1.165, 1.54) is 12.1 Å². The Morgan fingerprint density at radius 3 is 2.55 bits per heavy atom. The number of rotatable bonds is 5. The molecule has 1 heterocycles. The second-order valence-corrected chi connectivity index (χ2v) is 4.91. The van der Waals surface area contributed by atoms with Crippen molar-refractivity contribution in [1.82, 2.24) is 10.6 Å². The van der Waals surface area contributed by atoms with Gasteiger partial charge >= 0.3 is 6.18 Å². The van der Waals surface area contributed by atoms with E-state index < -0.39 is 12.8 Å². The van der Waals surface area contributed by atoms with Crippen molar-refractivity contribution >= 4 is 18.3 Å². The van der Waals surface area contributed by atoms with Crippen LogP contribution in [0.25, 0.3) is 0 Å². The molecule has 0 bridgehead atoms. The molecule has 4 nitrogen and oxygen atoms in total. The van der Waals surface area contributed by atoms with Gasteiger partial charge in [-0.15, -0.1) is 12.4 Å². The number of hydrogen-bond acceptors (Lipinski definition) is 3. The van der Waals surface area contributed by atoms with E-state index in [1.807, 2.05) is 0 Å². The molecule has 1 atom stereocenters. The molecule has 1 aromatic rings. The maximum Gasteiger partial charge on any atom is 0.422 e. The third-order valence-electron chi connectivity index (χ3n) is 3.17. The van der Waals surface area contributed by atoms with Crippen LogP contribution in [0.3, 0.4) is 0 Å². The van der Waals surface area contributed by atoms with Crippen LogP contribution in [-0.2, 0) is 11.3 Å². The van der Waals surface area contributed by atoms with E-state index in [9.17, 15) is 18.0 Å². The molecule has 1 aliphatic rings. The summed E-state index contributed by atoms with van der Waals surface area (Å²) in [4.78, 5) is 11.8. The number of ether oxygens (including phenoxy) is 1. The molecule has 1 aliphatic heterocycles. The number of halogens is 4. The van der Waals surface area contributed by atoms with Gasteiger partial charge in [-0.25, -0.2) is 0 Å². The molecular formula is C14H18ClF3N2O2. The van der Waals surface area contributed by atoms with Gasteiger partial charge in [0.25, 0.3) is 0 Å². The molecule has 2 rings (SSSR count). The number of hydrogen-bond donors (Lipinski definition) is 2. The van der Waals surface area contributed by atoms with Gasteiger partial charge in [0.05, 0.1) is 6.04 Å². The zero-order chi connectivity index (χ0) is 15.3. The number of benzene rings is 1. The predicted octanol–water partition coefficient (Wildman–Crippen LogP) is 2.42. The first kappa shape index (κ1) is 18.6. The van der Waals surface area contributed by atoms with E-state index in [0.29, 0.717) is 6.54 Å². The first-order valence-electron chi connectivity index (χ1n) is 6.74. The Kier molecular flexibility index (Phi) is 6.96. The van der Waals surface area contributed by atoms with Gasteiger partial charge in [0.1, 0.15) is 5.75 Å². The molecule has 124 valence electrons. The number of carbonyl (C=O) groups excluding carboxylic acids is 1. The van der Waals surface area contributed by atoms with Crippen LogP contribution in [0.4, 0.5) is 13.2 Å². The Hall–Kier alpha value is -1.47. The van der Waals surface area contributed by atoms with Crippen LogP contribution < -0.4 is 15.4 Å². The van der Waals surface area contributed by atoms with Crippen LogP contribution >= 0.6 is 12.4 Å². The van der Waals surface area contributed by atoms with Gasteiger partial charge in [0, 0.05) is 6.54 Å². The third kappa shape index (κ3) is 6.11. The molecule has 1 amide bonds. The monoisotopic (exact) mass is 338 g/mol. The minimum absolute atomic E-state index is 0. The second-order valence-electron chi connectivity index (χ2n) is 4.91. The first-order valence-corrected chi connectivity index (χ1v) is 6.74. The average molecular weight is 339 g/mol. The van der Waals surface area contributed by atoms with Gasteiger partial charge < -0.3 is 15.4 Å². The molecular weight excluding hydrogens is 321 g/mol. The van der Waals surface area contributed by atoms with E-state index >= 15 is 0 Å². The van der Waals surface area contributed by atoms with Crippen LogP contribution in [0.5, 0.6) is 5.75 Å². The Morgan fingerprint density at radius 1 is 1.32 bits per heavy atom. The van der Waals surface area contributed by atoms with Gasteiger partial charge in [0.15, 0.2) is 6.61 Å².